The molecule has 2 rings (SSSR count). The fraction of sp³-hybridized carbons (Fsp3) is 0.300. The number of rotatable bonds is 4. The molecule has 0 spiro atoms. The number of aryl methyl sites for hydroxylation is 1. The van der Waals surface area contributed by atoms with Crippen molar-refractivity contribution in [3.8, 4) is 0 Å². The summed E-state index contributed by atoms with van der Waals surface area (Å²) in [6, 6.07) is 1.99. The number of halogens is 1. The molecule has 2 aromatic heterocycles. The lowest BCUT2D eigenvalue weighted by molar-refractivity contribution is 0.711. The number of aromatic nitrogens is 4. The van der Waals surface area contributed by atoms with Gasteiger partial charge in [0.25, 0.3) is 0 Å². The minimum Gasteiger partial charge on any atom is -0.369 e. The van der Waals surface area contributed by atoms with Gasteiger partial charge in [0.05, 0.1) is 4.47 Å². The van der Waals surface area contributed by atoms with E-state index in [9.17, 15) is 0 Å². The zero-order valence-electron chi connectivity index (χ0n) is 9.39. The third kappa shape index (κ3) is 2.94. The smallest absolute Gasteiger partial charge is 0.221 e. The Bertz CT molecular complexity index is 509. The predicted octanol–water partition coefficient (Wildman–Crippen LogP) is 1.21. The third-order valence-electron chi connectivity index (χ3n) is 2.36. The maximum Gasteiger partial charge on any atom is 0.221 e. The van der Waals surface area contributed by atoms with Crippen LogP contribution in [0.1, 0.15) is 5.69 Å². The minimum atomic E-state index is 0.260. The topological polar surface area (TPSA) is 81.7 Å². The van der Waals surface area contributed by atoms with Gasteiger partial charge in [0.2, 0.25) is 5.95 Å². The summed E-state index contributed by atoms with van der Waals surface area (Å²) in [5.41, 5.74) is 6.68. The van der Waals surface area contributed by atoms with Gasteiger partial charge in [0, 0.05) is 38.1 Å². The van der Waals surface area contributed by atoms with Crippen molar-refractivity contribution in [2.24, 2.45) is 7.05 Å². The van der Waals surface area contributed by atoms with Gasteiger partial charge in [-0.3, -0.25) is 4.68 Å². The molecule has 0 aliphatic carbocycles. The Morgan fingerprint density at radius 1 is 1.53 bits per heavy atom. The first-order valence-electron chi connectivity index (χ1n) is 5.15. The summed E-state index contributed by atoms with van der Waals surface area (Å²) in [5.74, 6) is 0.968. The predicted molar refractivity (Wildman–Crippen MR) is 69.5 cm³/mol. The first-order chi connectivity index (χ1) is 8.16. The number of hydrogen-bond acceptors (Lipinski definition) is 5. The molecule has 90 valence electrons. The molecule has 0 saturated carbocycles. The highest BCUT2D eigenvalue weighted by Gasteiger charge is 2.03. The van der Waals surface area contributed by atoms with Gasteiger partial charge in [-0.05, 0) is 22.0 Å². The Kier molecular flexibility index (Phi) is 3.58. The molecule has 2 heterocycles. The highest BCUT2D eigenvalue weighted by Crippen LogP contribution is 2.18. The molecule has 6 nitrogen and oxygen atoms in total. The minimum absolute atomic E-state index is 0.260. The van der Waals surface area contributed by atoms with Crippen molar-refractivity contribution < 1.29 is 0 Å². The van der Waals surface area contributed by atoms with Crippen molar-refractivity contribution in [1.82, 2.24) is 19.7 Å². The van der Waals surface area contributed by atoms with Gasteiger partial charge in [-0.15, -0.1) is 0 Å². The van der Waals surface area contributed by atoms with Crippen LogP contribution in [0.25, 0.3) is 0 Å². The average molecular weight is 297 g/mol. The molecule has 0 aliphatic heterocycles. The maximum absolute atomic E-state index is 5.52. The van der Waals surface area contributed by atoms with Gasteiger partial charge in [0.15, 0.2) is 0 Å². The Balaban J connectivity index is 1.94. The Hall–Kier alpha value is -1.63. The largest absolute Gasteiger partial charge is 0.369 e. The van der Waals surface area contributed by atoms with Gasteiger partial charge < -0.3 is 11.1 Å². The molecule has 17 heavy (non-hydrogen) atoms. The Labute approximate surface area is 107 Å². The molecule has 0 atom stereocenters. The third-order valence-corrected chi connectivity index (χ3v) is 2.94. The van der Waals surface area contributed by atoms with E-state index in [1.54, 1.807) is 12.4 Å². The van der Waals surface area contributed by atoms with Gasteiger partial charge >= 0.3 is 0 Å². The van der Waals surface area contributed by atoms with E-state index in [-0.39, 0.29) is 5.95 Å². The summed E-state index contributed by atoms with van der Waals surface area (Å²) in [4.78, 5) is 7.98. The first kappa shape index (κ1) is 11.8. The van der Waals surface area contributed by atoms with Crippen LogP contribution in [-0.2, 0) is 13.5 Å². The van der Waals surface area contributed by atoms with Crippen LogP contribution < -0.4 is 11.1 Å². The number of nitrogens with zero attached hydrogens (tertiary/aromatic N) is 4. The number of nitrogen functional groups attached to an aromatic ring is 1. The van der Waals surface area contributed by atoms with Crippen molar-refractivity contribution in [1.29, 1.82) is 0 Å². The van der Waals surface area contributed by atoms with E-state index in [0.29, 0.717) is 5.82 Å². The van der Waals surface area contributed by atoms with Gasteiger partial charge in [-0.2, -0.15) is 10.1 Å². The van der Waals surface area contributed by atoms with E-state index in [1.165, 1.54) is 0 Å². The van der Waals surface area contributed by atoms with Crippen LogP contribution in [0.5, 0.6) is 0 Å². The zero-order chi connectivity index (χ0) is 12.3. The Morgan fingerprint density at radius 3 is 3.06 bits per heavy atom. The fourth-order valence-corrected chi connectivity index (χ4v) is 1.79. The number of anilines is 2. The van der Waals surface area contributed by atoms with Crippen molar-refractivity contribution in [3.05, 3.63) is 28.6 Å². The molecule has 0 bridgehead atoms. The molecule has 0 unspecified atom stereocenters. The van der Waals surface area contributed by atoms with Crippen molar-refractivity contribution in [2.75, 3.05) is 17.6 Å². The highest BCUT2D eigenvalue weighted by atomic mass is 79.9. The molecular formula is C10H13BrN6. The Morgan fingerprint density at radius 2 is 2.35 bits per heavy atom. The standard InChI is InChI=1S/C10H13BrN6/c1-17-7(3-5-15-17)2-4-13-9-8(11)6-14-10(12)16-9/h3,5-6H,2,4H2,1H3,(H3,12,13,14,16). The van der Waals surface area contributed by atoms with Crippen molar-refractivity contribution in [2.45, 2.75) is 6.42 Å². The zero-order valence-corrected chi connectivity index (χ0v) is 11.0. The lowest BCUT2D eigenvalue weighted by atomic mass is 10.3. The second kappa shape index (κ2) is 5.13. The van der Waals surface area contributed by atoms with E-state index in [0.717, 1.165) is 23.1 Å². The molecule has 7 heteroatoms. The molecule has 0 aliphatic rings. The van der Waals surface area contributed by atoms with Crippen LogP contribution in [0.2, 0.25) is 0 Å². The SMILES string of the molecule is Cn1nccc1CCNc1nc(N)ncc1Br. The molecule has 0 amide bonds. The van der Waals surface area contributed by atoms with Crippen LogP contribution in [-0.4, -0.2) is 26.3 Å². The van der Waals surface area contributed by atoms with Gasteiger partial charge in [-0.1, -0.05) is 0 Å². The number of nitrogens with two attached hydrogens (primary N) is 1. The lowest BCUT2D eigenvalue weighted by Gasteiger charge is -2.07. The summed E-state index contributed by atoms with van der Waals surface area (Å²) >= 11 is 3.36. The monoisotopic (exact) mass is 296 g/mol. The van der Waals surface area contributed by atoms with Crippen molar-refractivity contribution in [3.63, 3.8) is 0 Å². The van der Waals surface area contributed by atoms with Gasteiger partial charge in [0.1, 0.15) is 5.82 Å². The van der Waals surface area contributed by atoms with Crippen molar-refractivity contribution >= 4 is 27.7 Å². The lowest BCUT2D eigenvalue weighted by Crippen LogP contribution is -2.10. The summed E-state index contributed by atoms with van der Waals surface area (Å²) in [7, 11) is 1.92. The van der Waals surface area contributed by atoms with E-state index >= 15 is 0 Å². The summed E-state index contributed by atoms with van der Waals surface area (Å²) in [6.45, 7) is 0.759. The molecule has 3 N–H and O–H groups in total. The fourth-order valence-electron chi connectivity index (χ4n) is 1.46. The van der Waals surface area contributed by atoms with Crippen LogP contribution in [0, 0.1) is 0 Å². The molecule has 0 fully saturated rings. The first-order valence-corrected chi connectivity index (χ1v) is 5.95. The second-order valence-electron chi connectivity index (χ2n) is 3.55. The highest BCUT2D eigenvalue weighted by molar-refractivity contribution is 9.10. The van der Waals surface area contributed by atoms with Crippen LogP contribution in [0.15, 0.2) is 22.9 Å². The molecule has 0 aromatic carbocycles. The van der Waals surface area contributed by atoms with E-state index < -0.39 is 0 Å². The molecular weight excluding hydrogens is 284 g/mol. The second-order valence-corrected chi connectivity index (χ2v) is 4.40. The van der Waals surface area contributed by atoms with E-state index in [1.807, 2.05) is 17.8 Å². The maximum atomic E-state index is 5.52. The molecule has 0 radical (unpaired) electrons. The van der Waals surface area contributed by atoms with Crippen LogP contribution in [0.3, 0.4) is 0 Å². The van der Waals surface area contributed by atoms with E-state index in [4.69, 9.17) is 5.73 Å². The molecule has 0 saturated heterocycles. The van der Waals surface area contributed by atoms with Crippen LogP contribution >= 0.6 is 15.9 Å². The van der Waals surface area contributed by atoms with Crippen LogP contribution in [0.4, 0.5) is 11.8 Å². The van der Waals surface area contributed by atoms with Gasteiger partial charge in [-0.25, -0.2) is 4.98 Å². The average Bonchev–Trinajstić information content (AvgIpc) is 2.70. The quantitative estimate of drug-likeness (QED) is 0.886. The van der Waals surface area contributed by atoms with E-state index in [2.05, 4.69) is 36.3 Å². The number of nitrogens with one attached hydrogen (secondary N) is 1. The number of hydrogen-bond donors (Lipinski definition) is 2. The summed E-state index contributed by atoms with van der Waals surface area (Å²) in [5, 5.41) is 7.31. The summed E-state index contributed by atoms with van der Waals surface area (Å²) in [6.07, 6.45) is 4.29. The summed E-state index contributed by atoms with van der Waals surface area (Å²) < 4.78 is 2.65. The molecule has 2 aromatic rings. The normalized spacial score (nSPS) is 10.5.